The van der Waals surface area contributed by atoms with Crippen molar-refractivity contribution in [2.24, 2.45) is 5.73 Å². The minimum absolute atomic E-state index is 0.0573. The number of rotatable bonds is 3. The van der Waals surface area contributed by atoms with Crippen LogP contribution < -0.4 is 10.6 Å². The van der Waals surface area contributed by atoms with Crippen LogP contribution in [0.1, 0.15) is 18.4 Å². The van der Waals surface area contributed by atoms with Gasteiger partial charge in [0.05, 0.1) is 11.8 Å². The highest BCUT2D eigenvalue weighted by Gasteiger charge is 2.22. The second-order valence-corrected chi connectivity index (χ2v) is 5.24. The number of nitrogens with zero attached hydrogens (tertiary/aromatic N) is 3. The highest BCUT2D eigenvalue weighted by atomic mass is 32.2. The van der Waals surface area contributed by atoms with Gasteiger partial charge in [0.2, 0.25) is 0 Å². The third-order valence-corrected chi connectivity index (χ3v) is 4.20. The molecule has 17 heavy (non-hydrogen) atoms. The maximum absolute atomic E-state index is 7.55. The van der Waals surface area contributed by atoms with E-state index in [-0.39, 0.29) is 5.84 Å². The average Bonchev–Trinajstić information content (AvgIpc) is 2.39. The standard InChI is InChI=1S/C11H17N5S/c1-17-8-3-6-16(7-4-8)11-9(10(12)13)2-5-14-15-11/h2,5,8H,3-4,6-7H2,1H3,(H3,12,13). The molecule has 92 valence electrons. The van der Waals surface area contributed by atoms with Crippen LogP contribution in [0.5, 0.6) is 0 Å². The van der Waals surface area contributed by atoms with Gasteiger partial charge in [-0.15, -0.1) is 5.10 Å². The Labute approximate surface area is 105 Å². The molecule has 0 aromatic carbocycles. The van der Waals surface area contributed by atoms with E-state index >= 15 is 0 Å². The van der Waals surface area contributed by atoms with Crippen molar-refractivity contribution in [3.63, 3.8) is 0 Å². The Morgan fingerprint density at radius 2 is 2.24 bits per heavy atom. The van der Waals surface area contributed by atoms with Crippen LogP contribution in [0.25, 0.3) is 0 Å². The Kier molecular flexibility index (Phi) is 3.83. The van der Waals surface area contributed by atoms with Gasteiger partial charge in [0.25, 0.3) is 0 Å². The number of piperidine rings is 1. The Morgan fingerprint density at radius 1 is 1.53 bits per heavy atom. The summed E-state index contributed by atoms with van der Waals surface area (Å²) in [6, 6.07) is 1.76. The normalized spacial score (nSPS) is 17.1. The summed E-state index contributed by atoms with van der Waals surface area (Å²) in [4.78, 5) is 2.18. The van der Waals surface area contributed by atoms with Gasteiger partial charge in [0.15, 0.2) is 5.82 Å². The van der Waals surface area contributed by atoms with E-state index in [4.69, 9.17) is 11.1 Å². The fraction of sp³-hybridized carbons (Fsp3) is 0.545. The lowest BCUT2D eigenvalue weighted by atomic mass is 10.1. The summed E-state index contributed by atoms with van der Waals surface area (Å²) in [5.74, 6) is 0.807. The number of thioether (sulfide) groups is 1. The molecule has 6 heteroatoms. The second-order valence-electron chi connectivity index (χ2n) is 4.10. The molecule has 5 nitrogen and oxygen atoms in total. The van der Waals surface area contributed by atoms with E-state index in [0.717, 1.165) is 37.0 Å². The predicted octanol–water partition coefficient (Wildman–Crippen LogP) is 1.09. The van der Waals surface area contributed by atoms with Gasteiger partial charge >= 0.3 is 0 Å². The van der Waals surface area contributed by atoms with Crippen molar-refractivity contribution in [2.45, 2.75) is 18.1 Å². The molecule has 1 aliphatic heterocycles. The molecule has 1 aromatic rings. The van der Waals surface area contributed by atoms with E-state index in [1.54, 1.807) is 12.3 Å². The van der Waals surface area contributed by atoms with Crippen LogP contribution in [-0.4, -0.2) is 40.6 Å². The van der Waals surface area contributed by atoms with Crippen LogP contribution in [0.15, 0.2) is 12.3 Å². The number of nitrogens with one attached hydrogen (secondary N) is 1. The van der Waals surface area contributed by atoms with Crippen LogP contribution in [0.2, 0.25) is 0 Å². The largest absolute Gasteiger partial charge is 0.384 e. The maximum Gasteiger partial charge on any atom is 0.162 e. The number of nitrogen functional groups attached to an aromatic ring is 1. The fourth-order valence-electron chi connectivity index (χ4n) is 2.07. The van der Waals surface area contributed by atoms with Crippen molar-refractivity contribution in [1.82, 2.24) is 10.2 Å². The predicted molar refractivity (Wildman–Crippen MR) is 71.8 cm³/mol. The second kappa shape index (κ2) is 5.35. The molecule has 0 unspecified atom stereocenters. The number of hydrogen-bond donors (Lipinski definition) is 2. The van der Waals surface area contributed by atoms with E-state index in [0.29, 0.717) is 5.56 Å². The molecule has 3 N–H and O–H groups in total. The van der Waals surface area contributed by atoms with E-state index in [2.05, 4.69) is 21.4 Å². The van der Waals surface area contributed by atoms with Crippen molar-refractivity contribution < 1.29 is 0 Å². The average molecular weight is 251 g/mol. The molecule has 0 saturated carbocycles. The molecule has 1 aliphatic rings. The van der Waals surface area contributed by atoms with Gasteiger partial charge < -0.3 is 10.6 Å². The lowest BCUT2D eigenvalue weighted by Crippen LogP contribution is -2.36. The fourth-order valence-corrected chi connectivity index (χ4v) is 2.75. The lowest BCUT2D eigenvalue weighted by molar-refractivity contribution is 0.584. The van der Waals surface area contributed by atoms with Crippen molar-refractivity contribution >= 4 is 23.4 Å². The van der Waals surface area contributed by atoms with Crippen molar-refractivity contribution in [3.8, 4) is 0 Å². The summed E-state index contributed by atoms with van der Waals surface area (Å²) >= 11 is 1.92. The zero-order valence-electron chi connectivity index (χ0n) is 9.89. The highest BCUT2D eigenvalue weighted by Crippen LogP contribution is 2.25. The molecule has 0 aliphatic carbocycles. The molecule has 1 saturated heterocycles. The monoisotopic (exact) mass is 251 g/mol. The number of anilines is 1. The van der Waals surface area contributed by atoms with E-state index in [9.17, 15) is 0 Å². The van der Waals surface area contributed by atoms with Gasteiger partial charge in [-0.25, -0.2) is 0 Å². The molecule has 2 rings (SSSR count). The first-order valence-electron chi connectivity index (χ1n) is 5.66. The van der Waals surface area contributed by atoms with Crippen LogP contribution in [0.3, 0.4) is 0 Å². The van der Waals surface area contributed by atoms with Gasteiger partial charge in [0.1, 0.15) is 5.84 Å². The molecule has 0 spiro atoms. The van der Waals surface area contributed by atoms with Crippen LogP contribution >= 0.6 is 11.8 Å². The SMILES string of the molecule is CSC1CCN(c2nnccc2C(=N)N)CC1. The third kappa shape index (κ3) is 2.69. The first kappa shape index (κ1) is 12.2. The number of amidine groups is 1. The van der Waals surface area contributed by atoms with Crippen molar-refractivity contribution in [1.29, 1.82) is 5.41 Å². The number of aromatic nitrogens is 2. The highest BCUT2D eigenvalue weighted by molar-refractivity contribution is 7.99. The molecular formula is C11H17N5S. The van der Waals surface area contributed by atoms with E-state index < -0.39 is 0 Å². The van der Waals surface area contributed by atoms with Gasteiger partial charge in [-0.3, -0.25) is 5.41 Å². The molecule has 1 aromatic heterocycles. The zero-order valence-corrected chi connectivity index (χ0v) is 10.7. The molecular weight excluding hydrogens is 234 g/mol. The first-order valence-corrected chi connectivity index (χ1v) is 6.95. The molecule has 2 heterocycles. The summed E-state index contributed by atoms with van der Waals surface area (Å²) in [5.41, 5.74) is 6.24. The topological polar surface area (TPSA) is 78.9 Å². The molecule has 0 bridgehead atoms. The zero-order chi connectivity index (χ0) is 12.3. The van der Waals surface area contributed by atoms with E-state index in [1.165, 1.54) is 0 Å². The molecule has 0 radical (unpaired) electrons. The Hall–Kier alpha value is -1.30. The Bertz CT molecular complexity index is 401. The third-order valence-electron chi connectivity index (χ3n) is 3.07. The summed E-state index contributed by atoms with van der Waals surface area (Å²) in [6.45, 7) is 1.93. The van der Waals surface area contributed by atoms with Gasteiger partial charge in [0, 0.05) is 18.3 Å². The van der Waals surface area contributed by atoms with Gasteiger partial charge in [-0.05, 0) is 25.2 Å². The van der Waals surface area contributed by atoms with E-state index in [1.807, 2.05) is 11.8 Å². The molecule has 1 fully saturated rings. The van der Waals surface area contributed by atoms with Gasteiger partial charge in [-0.1, -0.05) is 0 Å². The minimum Gasteiger partial charge on any atom is -0.384 e. The summed E-state index contributed by atoms with van der Waals surface area (Å²) < 4.78 is 0. The minimum atomic E-state index is 0.0573. The lowest BCUT2D eigenvalue weighted by Gasteiger charge is -2.32. The quantitative estimate of drug-likeness (QED) is 0.621. The molecule has 0 amide bonds. The van der Waals surface area contributed by atoms with Crippen LogP contribution in [0, 0.1) is 5.41 Å². The smallest absolute Gasteiger partial charge is 0.162 e. The summed E-state index contributed by atoms with van der Waals surface area (Å²) in [7, 11) is 0. The first-order chi connectivity index (χ1) is 8.22. The van der Waals surface area contributed by atoms with Gasteiger partial charge in [-0.2, -0.15) is 16.9 Å². The number of hydrogen-bond acceptors (Lipinski definition) is 5. The van der Waals surface area contributed by atoms with Crippen LogP contribution in [0.4, 0.5) is 5.82 Å². The van der Waals surface area contributed by atoms with Crippen LogP contribution in [-0.2, 0) is 0 Å². The maximum atomic E-state index is 7.55. The van der Waals surface area contributed by atoms with Crippen molar-refractivity contribution in [2.75, 3.05) is 24.2 Å². The summed E-state index contributed by atoms with van der Waals surface area (Å²) in [6.07, 6.45) is 6.03. The molecule has 0 atom stereocenters. The number of nitrogens with two attached hydrogens (primary N) is 1. The Morgan fingerprint density at radius 3 is 2.82 bits per heavy atom. The van der Waals surface area contributed by atoms with Crippen molar-refractivity contribution in [3.05, 3.63) is 17.8 Å². The Balaban J connectivity index is 2.15. The summed E-state index contributed by atoms with van der Waals surface area (Å²) in [5, 5.41) is 16.3.